The fraction of sp³-hybridized carbons (Fsp3) is 0.450. The summed E-state index contributed by atoms with van der Waals surface area (Å²) in [6.45, 7) is 3.54. The van der Waals surface area contributed by atoms with Crippen LogP contribution >= 0.6 is 11.3 Å². The summed E-state index contributed by atoms with van der Waals surface area (Å²) >= 11 is 1.80. The van der Waals surface area contributed by atoms with Crippen molar-refractivity contribution >= 4 is 27.4 Å². The van der Waals surface area contributed by atoms with E-state index < -0.39 is 0 Å². The maximum atomic E-state index is 6.37. The van der Waals surface area contributed by atoms with Gasteiger partial charge < -0.3 is 18.9 Å². The van der Waals surface area contributed by atoms with E-state index in [1.807, 2.05) is 0 Å². The highest BCUT2D eigenvalue weighted by Crippen LogP contribution is 2.33. The molecule has 5 nitrogen and oxygen atoms in total. The zero-order valence-corrected chi connectivity index (χ0v) is 15.8. The number of aryl methyl sites for hydroxylation is 1. The van der Waals surface area contributed by atoms with Gasteiger partial charge in [0.1, 0.15) is 11.9 Å². The Morgan fingerprint density at radius 2 is 2.12 bits per heavy atom. The molecule has 2 aliphatic heterocycles. The van der Waals surface area contributed by atoms with Crippen LogP contribution in [-0.2, 0) is 24.8 Å². The number of rotatable bonds is 3. The highest BCUT2D eigenvalue weighted by Gasteiger charge is 2.25. The smallest absolute Gasteiger partial charge is 0.185 e. The second-order valence-electron chi connectivity index (χ2n) is 7.09. The van der Waals surface area contributed by atoms with Crippen LogP contribution in [0, 0.1) is 0 Å². The van der Waals surface area contributed by atoms with E-state index in [2.05, 4.69) is 47.0 Å². The van der Waals surface area contributed by atoms with Gasteiger partial charge in [-0.2, -0.15) is 0 Å². The van der Waals surface area contributed by atoms with Gasteiger partial charge in [-0.05, 0) is 18.2 Å². The first-order chi connectivity index (χ1) is 12.8. The van der Waals surface area contributed by atoms with E-state index in [0.717, 1.165) is 56.4 Å². The van der Waals surface area contributed by atoms with Crippen molar-refractivity contribution in [1.29, 1.82) is 0 Å². The highest BCUT2D eigenvalue weighted by molar-refractivity contribution is 7.15. The predicted molar refractivity (Wildman–Crippen MR) is 104 cm³/mol. The van der Waals surface area contributed by atoms with Crippen molar-refractivity contribution in [2.45, 2.75) is 32.0 Å². The molecule has 1 saturated heterocycles. The fourth-order valence-corrected chi connectivity index (χ4v) is 4.96. The van der Waals surface area contributed by atoms with Crippen molar-refractivity contribution in [2.75, 3.05) is 24.6 Å². The van der Waals surface area contributed by atoms with Gasteiger partial charge >= 0.3 is 0 Å². The maximum Gasteiger partial charge on any atom is 0.185 e. The number of piperidine rings is 1. The standard InChI is InChI=1S/C20H23N3O2S/c1-22-9-7-15-17(22)3-2-4-18(15)25-14-5-10-23(11-6-14)20-21-16-8-12-24-13-19(16)26-20/h2-4,7,9,14H,5-6,8,10-13H2,1H3. The van der Waals surface area contributed by atoms with Crippen LogP contribution in [0.2, 0.25) is 0 Å². The van der Waals surface area contributed by atoms with Gasteiger partial charge in [0, 0.05) is 51.0 Å². The summed E-state index contributed by atoms with van der Waals surface area (Å²) in [4.78, 5) is 8.56. The van der Waals surface area contributed by atoms with Crippen LogP contribution in [0.3, 0.4) is 0 Å². The monoisotopic (exact) mass is 369 g/mol. The Bertz CT molecular complexity index is 901. The Kier molecular flexibility index (Phi) is 4.10. The second-order valence-corrected chi connectivity index (χ2v) is 8.15. The lowest BCUT2D eigenvalue weighted by atomic mass is 10.1. The summed E-state index contributed by atoms with van der Waals surface area (Å²) in [5, 5.41) is 2.36. The first-order valence-electron chi connectivity index (χ1n) is 9.30. The largest absolute Gasteiger partial charge is 0.490 e. The quantitative estimate of drug-likeness (QED) is 0.705. The predicted octanol–water partition coefficient (Wildman–Crippen LogP) is 3.76. The zero-order valence-electron chi connectivity index (χ0n) is 15.0. The van der Waals surface area contributed by atoms with E-state index in [1.54, 1.807) is 11.3 Å². The molecule has 0 bridgehead atoms. The molecule has 0 spiro atoms. The van der Waals surface area contributed by atoms with E-state index in [9.17, 15) is 0 Å². The summed E-state index contributed by atoms with van der Waals surface area (Å²) in [6.07, 6.45) is 5.38. The summed E-state index contributed by atoms with van der Waals surface area (Å²) < 4.78 is 14.1. The molecule has 2 aliphatic rings. The molecule has 4 heterocycles. The molecule has 0 radical (unpaired) electrons. The summed E-state index contributed by atoms with van der Waals surface area (Å²) in [5.41, 5.74) is 2.46. The molecular weight excluding hydrogens is 346 g/mol. The topological polar surface area (TPSA) is 39.5 Å². The Morgan fingerprint density at radius 3 is 2.96 bits per heavy atom. The van der Waals surface area contributed by atoms with E-state index >= 15 is 0 Å². The zero-order chi connectivity index (χ0) is 17.5. The van der Waals surface area contributed by atoms with Crippen molar-refractivity contribution in [2.24, 2.45) is 7.05 Å². The number of benzene rings is 1. The molecule has 0 atom stereocenters. The van der Waals surface area contributed by atoms with Gasteiger partial charge in [0.2, 0.25) is 0 Å². The average Bonchev–Trinajstić information content (AvgIpc) is 3.27. The molecule has 0 amide bonds. The first kappa shape index (κ1) is 16.1. The summed E-state index contributed by atoms with van der Waals surface area (Å²) in [7, 11) is 2.07. The summed E-state index contributed by atoms with van der Waals surface area (Å²) in [5.74, 6) is 1.00. The number of nitrogens with zero attached hydrogens (tertiary/aromatic N) is 3. The molecule has 1 aromatic carbocycles. The van der Waals surface area contributed by atoms with E-state index in [0.29, 0.717) is 0 Å². The molecule has 2 aromatic heterocycles. The van der Waals surface area contributed by atoms with Gasteiger partial charge in [0.05, 0.1) is 29.3 Å². The molecule has 26 heavy (non-hydrogen) atoms. The number of anilines is 1. The van der Waals surface area contributed by atoms with Crippen LogP contribution < -0.4 is 9.64 Å². The lowest BCUT2D eigenvalue weighted by Crippen LogP contribution is -2.38. The van der Waals surface area contributed by atoms with Gasteiger partial charge in [-0.25, -0.2) is 4.98 Å². The van der Waals surface area contributed by atoms with Gasteiger partial charge in [-0.15, -0.1) is 0 Å². The van der Waals surface area contributed by atoms with Crippen LogP contribution in [0.15, 0.2) is 30.5 Å². The summed E-state index contributed by atoms with van der Waals surface area (Å²) in [6, 6.07) is 8.44. The van der Waals surface area contributed by atoms with Gasteiger partial charge in [0.25, 0.3) is 0 Å². The van der Waals surface area contributed by atoms with Crippen molar-refractivity contribution in [1.82, 2.24) is 9.55 Å². The van der Waals surface area contributed by atoms with E-state index in [1.165, 1.54) is 21.5 Å². The minimum absolute atomic E-state index is 0.273. The van der Waals surface area contributed by atoms with E-state index in [-0.39, 0.29) is 6.10 Å². The third-order valence-corrected chi connectivity index (χ3v) is 6.51. The SMILES string of the molecule is Cn1ccc2c(OC3CCN(c4nc5c(s4)COCC5)CC3)cccc21. The van der Waals surface area contributed by atoms with Crippen LogP contribution in [0.5, 0.6) is 5.75 Å². The van der Waals surface area contributed by atoms with Crippen molar-refractivity contribution in [3.05, 3.63) is 41.0 Å². The lowest BCUT2D eigenvalue weighted by molar-refractivity contribution is 0.112. The number of fused-ring (bicyclic) bond motifs is 2. The third-order valence-electron chi connectivity index (χ3n) is 5.38. The van der Waals surface area contributed by atoms with Gasteiger partial charge in [-0.1, -0.05) is 17.4 Å². The molecular formula is C20H23N3O2S. The van der Waals surface area contributed by atoms with Crippen molar-refractivity contribution in [3.8, 4) is 5.75 Å². The second kappa shape index (κ2) is 6.59. The molecule has 0 N–H and O–H groups in total. The van der Waals surface area contributed by atoms with Crippen LogP contribution in [0.1, 0.15) is 23.4 Å². The van der Waals surface area contributed by atoms with Crippen molar-refractivity contribution in [3.63, 3.8) is 0 Å². The highest BCUT2D eigenvalue weighted by atomic mass is 32.1. The Morgan fingerprint density at radius 1 is 1.23 bits per heavy atom. The Labute approximate surface area is 157 Å². The lowest BCUT2D eigenvalue weighted by Gasteiger charge is -2.32. The van der Waals surface area contributed by atoms with Gasteiger partial charge in [-0.3, -0.25) is 0 Å². The first-order valence-corrected chi connectivity index (χ1v) is 10.1. The molecule has 6 heteroatoms. The maximum absolute atomic E-state index is 6.37. The number of hydrogen-bond donors (Lipinski definition) is 0. The third kappa shape index (κ3) is 2.87. The molecule has 3 aromatic rings. The molecule has 5 rings (SSSR count). The number of aromatic nitrogens is 2. The number of ether oxygens (including phenoxy) is 2. The van der Waals surface area contributed by atoms with Crippen molar-refractivity contribution < 1.29 is 9.47 Å². The van der Waals surface area contributed by atoms with Crippen LogP contribution in [-0.4, -0.2) is 35.4 Å². The van der Waals surface area contributed by atoms with E-state index in [4.69, 9.17) is 14.5 Å². The number of thiazole rings is 1. The fourth-order valence-electron chi connectivity index (χ4n) is 3.87. The molecule has 0 unspecified atom stereocenters. The minimum atomic E-state index is 0.273. The Balaban J connectivity index is 1.26. The normalized spacial score (nSPS) is 18.3. The molecule has 136 valence electrons. The molecule has 0 aliphatic carbocycles. The van der Waals surface area contributed by atoms with Crippen LogP contribution in [0.25, 0.3) is 10.9 Å². The number of hydrogen-bond acceptors (Lipinski definition) is 5. The molecule has 0 saturated carbocycles. The average molecular weight is 369 g/mol. The molecule has 1 fully saturated rings. The Hall–Kier alpha value is -2.05. The van der Waals surface area contributed by atoms with Gasteiger partial charge in [0.15, 0.2) is 5.13 Å². The minimum Gasteiger partial charge on any atom is -0.490 e. The van der Waals surface area contributed by atoms with Crippen LogP contribution in [0.4, 0.5) is 5.13 Å².